The van der Waals surface area contributed by atoms with E-state index in [1.807, 2.05) is 31.5 Å². The van der Waals surface area contributed by atoms with Gasteiger partial charge in [-0.1, -0.05) is 13.8 Å². The number of amides is 1. The predicted octanol–water partition coefficient (Wildman–Crippen LogP) is 0.932. The number of nitrogens with one attached hydrogen (secondary N) is 2. The Bertz CT molecular complexity index is 345. The number of hydrogen-bond acceptors (Lipinski definition) is 3. The van der Waals surface area contributed by atoms with Crippen molar-refractivity contribution < 1.29 is 4.79 Å². The summed E-state index contributed by atoms with van der Waals surface area (Å²) in [5, 5.41) is 5.59. The van der Waals surface area contributed by atoms with E-state index < -0.39 is 6.29 Å². The molecule has 1 aliphatic rings. The summed E-state index contributed by atoms with van der Waals surface area (Å²) in [5.74, 6) is 0.687. The second-order valence-corrected chi connectivity index (χ2v) is 2.96. The highest BCUT2D eigenvalue weighted by atomic mass is 16.2. The van der Waals surface area contributed by atoms with Crippen molar-refractivity contribution in [1.82, 2.24) is 9.88 Å². The van der Waals surface area contributed by atoms with E-state index in [2.05, 4.69) is 10.6 Å². The second kappa shape index (κ2) is 4.84. The number of fused-ring (bicyclic) bond motifs is 1. The molecule has 0 saturated heterocycles. The molecule has 1 unspecified atom stereocenters. The van der Waals surface area contributed by atoms with Gasteiger partial charge in [-0.3, -0.25) is 10.5 Å². The highest BCUT2D eigenvalue weighted by Crippen LogP contribution is 2.20. The number of rotatable bonds is 1. The fourth-order valence-electron chi connectivity index (χ4n) is 1.48. The Morgan fingerprint density at radius 1 is 1.47 bits per heavy atom. The number of nitrogens with zero attached hydrogens (tertiary/aromatic N) is 1. The molecule has 5 nitrogen and oxygen atoms in total. The van der Waals surface area contributed by atoms with Crippen LogP contribution in [-0.2, 0) is 6.54 Å². The predicted molar refractivity (Wildman–Crippen MR) is 60.5 cm³/mol. The number of nitrogens with two attached hydrogens (primary N) is 1. The molecule has 84 valence electrons. The minimum Gasteiger partial charge on any atom is -0.339 e. The van der Waals surface area contributed by atoms with Crippen molar-refractivity contribution in [2.45, 2.75) is 33.6 Å². The van der Waals surface area contributed by atoms with Crippen LogP contribution in [0.5, 0.6) is 0 Å². The molecule has 1 aliphatic heterocycles. The fourth-order valence-corrected chi connectivity index (χ4v) is 1.48. The molecule has 0 radical (unpaired) electrons. The highest BCUT2D eigenvalue weighted by molar-refractivity contribution is 6.01. The molecule has 4 N–H and O–H groups in total. The Hall–Kier alpha value is -1.49. The monoisotopic (exact) mass is 210 g/mol. The number of aryl methyl sites for hydroxylation is 1. The summed E-state index contributed by atoms with van der Waals surface area (Å²) in [6.07, 6.45) is 1.38. The van der Waals surface area contributed by atoms with E-state index in [9.17, 15) is 4.79 Å². The first-order valence-electron chi connectivity index (χ1n) is 5.24. The molecule has 5 heteroatoms. The van der Waals surface area contributed by atoms with E-state index in [1.165, 1.54) is 0 Å². The van der Waals surface area contributed by atoms with Gasteiger partial charge in [0.25, 0.3) is 5.91 Å². The van der Waals surface area contributed by atoms with Crippen LogP contribution < -0.4 is 16.4 Å². The van der Waals surface area contributed by atoms with E-state index in [0.717, 1.165) is 12.4 Å². The first-order valence-corrected chi connectivity index (χ1v) is 5.24. The van der Waals surface area contributed by atoms with Crippen LogP contribution in [0.2, 0.25) is 0 Å². The summed E-state index contributed by atoms with van der Waals surface area (Å²) in [4.78, 5) is 11.4. The third-order valence-electron chi connectivity index (χ3n) is 2.13. The average Bonchev–Trinajstić information content (AvgIpc) is 2.64. The molecule has 0 aromatic carbocycles. The lowest BCUT2D eigenvalue weighted by atomic mass is 10.2. The van der Waals surface area contributed by atoms with Gasteiger partial charge >= 0.3 is 0 Å². The van der Waals surface area contributed by atoms with Crippen molar-refractivity contribution in [3.8, 4) is 0 Å². The standard InChI is InChI=1S/C8H12N4O.C2H6/c1-2-12-4-3-5-6(12)10-8(9)11-7(5)13;1-2/h3-4,8,10H,2,9H2,1H3,(H,11,13);1-2H3. The van der Waals surface area contributed by atoms with Gasteiger partial charge in [0.2, 0.25) is 0 Å². The quantitative estimate of drug-likeness (QED) is 0.645. The molecule has 1 aromatic heterocycles. The summed E-state index contributed by atoms with van der Waals surface area (Å²) in [6, 6.07) is 1.78. The Morgan fingerprint density at radius 2 is 2.13 bits per heavy atom. The highest BCUT2D eigenvalue weighted by Gasteiger charge is 2.23. The van der Waals surface area contributed by atoms with Crippen LogP contribution in [0.1, 0.15) is 31.1 Å². The van der Waals surface area contributed by atoms with E-state index in [4.69, 9.17) is 5.73 Å². The minimum absolute atomic E-state index is 0.117. The Morgan fingerprint density at radius 3 is 2.73 bits per heavy atom. The van der Waals surface area contributed by atoms with E-state index in [1.54, 1.807) is 6.07 Å². The number of aromatic nitrogens is 1. The Balaban J connectivity index is 0.000000531. The maximum Gasteiger partial charge on any atom is 0.257 e. The molecule has 0 spiro atoms. The van der Waals surface area contributed by atoms with Crippen molar-refractivity contribution in [3.63, 3.8) is 0 Å². The van der Waals surface area contributed by atoms with Gasteiger partial charge in [-0.05, 0) is 13.0 Å². The summed E-state index contributed by atoms with van der Waals surface area (Å²) in [5.41, 5.74) is 6.22. The van der Waals surface area contributed by atoms with Crippen LogP contribution in [0.25, 0.3) is 0 Å². The summed E-state index contributed by atoms with van der Waals surface area (Å²) in [7, 11) is 0. The normalized spacial score (nSPS) is 18.1. The van der Waals surface area contributed by atoms with E-state index in [0.29, 0.717) is 5.56 Å². The van der Waals surface area contributed by atoms with E-state index in [-0.39, 0.29) is 5.91 Å². The van der Waals surface area contributed by atoms with Crippen LogP contribution in [0.15, 0.2) is 12.3 Å². The van der Waals surface area contributed by atoms with Gasteiger partial charge < -0.3 is 15.2 Å². The average molecular weight is 210 g/mol. The van der Waals surface area contributed by atoms with Crippen molar-refractivity contribution in [3.05, 3.63) is 17.8 Å². The first-order chi connectivity index (χ1) is 7.22. The first kappa shape index (κ1) is 11.6. The van der Waals surface area contributed by atoms with Gasteiger partial charge in [0, 0.05) is 12.7 Å². The van der Waals surface area contributed by atoms with Gasteiger partial charge in [-0.25, -0.2) is 0 Å². The zero-order valence-electron chi connectivity index (χ0n) is 9.37. The van der Waals surface area contributed by atoms with Crippen molar-refractivity contribution in [2.75, 3.05) is 5.32 Å². The molecule has 0 aliphatic carbocycles. The van der Waals surface area contributed by atoms with Gasteiger partial charge in [0.15, 0.2) is 6.29 Å². The Kier molecular flexibility index (Phi) is 3.74. The second-order valence-electron chi connectivity index (χ2n) is 2.96. The molecule has 0 saturated carbocycles. The van der Waals surface area contributed by atoms with Crippen molar-refractivity contribution in [1.29, 1.82) is 0 Å². The maximum atomic E-state index is 11.4. The zero-order valence-corrected chi connectivity index (χ0v) is 9.37. The van der Waals surface area contributed by atoms with Gasteiger partial charge in [0.1, 0.15) is 5.82 Å². The molecular weight excluding hydrogens is 192 g/mol. The minimum atomic E-state index is -0.486. The molecule has 15 heavy (non-hydrogen) atoms. The van der Waals surface area contributed by atoms with E-state index >= 15 is 0 Å². The zero-order chi connectivity index (χ0) is 11.4. The molecule has 0 bridgehead atoms. The van der Waals surface area contributed by atoms with Gasteiger partial charge in [-0.2, -0.15) is 0 Å². The third kappa shape index (κ3) is 2.12. The largest absolute Gasteiger partial charge is 0.339 e. The maximum absolute atomic E-state index is 11.4. The molecule has 1 atom stereocenters. The lowest BCUT2D eigenvalue weighted by molar-refractivity contribution is 0.0937. The molecular formula is C10H18N4O. The van der Waals surface area contributed by atoms with Gasteiger partial charge in [-0.15, -0.1) is 0 Å². The van der Waals surface area contributed by atoms with Gasteiger partial charge in [0.05, 0.1) is 5.56 Å². The van der Waals surface area contributed by atoms with Crippen LogP contribution in [0.3, 0.4) is 0 Å². The molecule has 1 amide bonds. The topological polar surface area (TPSA) is 72.1 Å². The smallest absolute Gasteiger partial charge is 0.257 e. The van der Waals surface area contributed by atoms with Crippen molar-refractivity contribution >= 4 is 11.7 Å². The molecule has 1 aromatic rings. The van der Waals surface area contributed by atoms with Crippen LogP contribution in [0, 0.1) is 0 Å². The van der Waals surface area contributed by atoms with Crippen LogP contribution >= 0.6 is 0 Å². The number of carbonyl (C=O) groups is 1. The lowest BCUT2D eigenvalue weighted by Gasteiger charge is -2.23. The summed E-state index contributed by atoms with van der Waals surface area (Å²) >= 11 is 0. The molecule has 2 rings (SSSR count). The van der Waals surface area contributed by atoms with Crippen LogP contribution in [0.4, 0.5) is 5.82 Å². The number of hydrogen-bond donors (Lipinski definition) is 3. The molecule has 0 fully saturated rings. The number of carbonyl (C=O) groups excluding carboxylic acids is 1. The lowest BCUT2D eigenvalue weighted by Crippen LogP contribution is -2.51. The fraction of sp³-hybridized carbons (Fsp3) is 0.500. The summed E-state index contributed by atoms with van der Waals surface area (Å²) < 4.78 is 1.95. The summed E-state index contributed by atoms with van der Waals surface area (Å²) in [6.45, 7) is 6.84. The van der Waals surface area contributed by atoms with Crippen molar-refractivity contribution in [2.24, 2.45) is 5.73 Å². The SMILES string of the molecule is CC.CCn1ccc2c1NC(N)NC2=O. The Labute approximate surface area is 89.6 Å². The van der Waals surface area contributed by atoms with Crippen LogP contribution in [-0.4, -0.2) is 16.8 Å². The molecule has 2 heterocycles. The third-order valence-corrected chi connectivity index (χ3v) is 2.13. The number of anilines is 1.